The number of methoxy groups -OCH3 is 1. The van der Waals surface area contributed by atoms with Crippen molar-refractivity contribution in [3.63, 3.8) is 0 Å². The third-order valence-electron chi connectivity index (χ3n) is 5.92. The molecule has 4 aromatic rings. The molecule has 0 saturated heterocycles. The third kappa shape index (κ3) is 4.83. The first kappa shape index (κ1) is 25.4. The second-order valence-corrected chi connectivity index (χ2v) is 9.23. The highest BCUT2D eigenvalue weighted by Gasteiger charge is 2.35. The summed E-state index contributed by atoms with van der Waals surface area (Å²) in [5.41, 5.74) is 0.279. The Morgan fingerprint density at radius 3 is 2.53 bits per heavy atom. The van der Waals surface area contributed by atoms with E-state index in [1.54, 1.807) is 25.3 Å². The molecule has 3 aromatic carbocycles. The molecule has 192 valence electrons. The Morgan fingerprint density at radius 1 is 0.947 bits per heavy atom. The van der Waals surface area contributed by atoms with Gasteiger partial charge >= 0.3 is 5.97 Å². The molecule has 0 spiro atoms. The molecule has 0 aliphatic carbocycles. The zero-order valence-electron chi connectivity index (χ0n) is 20.1. The van der Waals surface area contributed by atoms with Gasteiger partial charge in [-0.2, -0.15) is 0 Å². The number of fused-ring (bicyclic) bond motifs is 2. The van der Waals surface area contributed by atoms with Gasteiger partial charge in [-0.1, -0.05) is 12.1 Å². The van der Waals surface area contributed by atoms with Gasteiger partial charge in [0.05, 0.1) is 26.5 Å². The monoisotopic (exact) mass is 577 g/mol. The fourth-order valence-electron chi connectivity index (χ4n) is 4.02. The van der Waals surface area contributed by atoms with E-state index in [-0.39, 0.29) is 45.7 Å². The lowest BCUT2D eigenvalue weighted by molar-refractivity contribution is 0.0638. The lowest BCUT2D eigenvalue weighted by Crippen LogP contribution is -2.31. The molecular formula is C28H20BrNO8. The number of carbonyl (C=O) groups excluding carboxylic acids is 3. The summed E-state index contributed by atoms with van der Waals surface area (Å²) in [4.78, 5) is 52.2. The number of hydrogen-bond donors (Lipinski definition) is 0. The van der Waals surface area contributed by atoms with E-state index in [9.17, 15) is 19.2 Å². The second-order valence-electron chi connectivity index (χ2n) is 8.38. The van der Waals surface area contributed by atoms with E-state index >= 15 is 0 Å². The van der Waals surface area contributed by atoms with Crippen molar-refractivity contribution in [2.75, 3.05) is 20.3 Å². The summed E-state index contributed by atoms with van der Waals surface area (Å²) in [6.07, 6.45) is 1.70. The van der Waals surface area contributed by atoms with Crippen LogP contribution in [0.2, 0.25) is 0 Å². The molecule has 5 rings (SSSR count). The summed E-state index contributed by atoms with van der Waals surface area (Å²) in [5, 5.41) is 0.240. The van der Waals surface area contributed by atoms with Gasteiger partial charge in [-0.3, -0.25) is 19.3 Å². The highest BCUT2D eigenvalue weighted by atomic mass is 79.9. The van der Waals surface area contributed by atoms with Gasteiger partial charge in [-0.25, -0.2) is 4.79 Å². The van der Waals surface area contributed by atoms with Crippen LogP contribution in [0.4, 0.5) is 0 Å². The van der Waals surface area contributed by atoms with Crippen LogP contribution in [-0.2, 0) is 4.74 Å². The molecular weight excluding hydrogens is 558 g/mol. The van der Waals surface area contributed by atoms with Crippen LogP contribution in [0.25, 0.3) is 11.0 Å². The molecule has 1 aliphatic rings. The summed E-state index contributed by atoms with van der Waals surface area (Å²) in [6, 6.07) is 15.6. The first-order chi connectivity index (χ1) is 18.4. The van der Waals surface area contributed by atoms with Crippen LogP contribution in [0.5, 0.6) is 17.2 Å². The van der Waals surface area contributed by atoms with Gasteiger partial charge in [0.2, 0.25) is 11.2 Å². The standard InChI is InChI=1S/C28H20BrNO8/c1-35-12-4-11-30-26(32)18-9-7-16(13-20(18)27(30)33)28(34)37-17-8-10-19-23(14-17)36-15-24(25(19)31)38-22-6-3-2-5-21(22)29/h2-3,5-10,13-15H,4,11-12H2,1H3. The molecule has 0 atom stereocenters. The molecule has 38 heavy (non-hydrogen) atoms. The van der Waals surface area contributed by atoms with Crippen LogP contribution >= 0.6 is 15.9 Å². The average Bonchev–Trinajstić information content (AvgIpc) is 3.16. The molecule has 0 unspecified atom stereocenters. The summed E-state index contributed by atoms with van der Waals surface area (Å²) in [6.45, 7) is 0.633. The van der Waals surface area contributed by atoms with E-state index < -0.39 is 23.2 Å². The van der Waals surface area contributed by atoms with E-state index in [0.717, 1.165) is 4.90 Å². The predicted molar refractivity (Wildman–Crippen MR) is 140 cm³/mol. The number of amides is 2. The van der Waals surface area contributed by atoms with Crippen molar-refractivity contribution in [1.29, 1.82) is 0 Å². The fraction of sp³-hybridized carbons (Fsp3) is 0.143. The molecule has 0 radical (unpaired) electrons. The highest BCUT2D eigenvalue weighted by Crippen LogP contribution is 2.30. The van der Waals surface area contributed by atoms with Crippen molar-refractivity contribution >= 4 is 44.7 Å². The van der Waals surface area contributed by atoms with Gasteiger partial charge in [0, 0.05) is 26.3 Å². The fourth-order valence-corrected chi connectivity index (χ4v) is 4.39. The molecule has 0 bridgehead atoms. The van der Waals surface area contributed by atoms with Crippen molar-refractivity contribution in [1.82, 2.24) is 4.90 Å². The predicted octanol–water partition coefficient (Wildman–Crippen LogP) is 5.20. The van der Waals surface area contributed by atoms with Gasteiger partial charge < -0.3 is 18.6 Å². The van der Waals surface area contributed by atoms with Crippen LogP contribution in [0.1, 0.15) is 37.5 Å². The lowest BCUT2D eigenvalue weighted by atomic mass is 10.1. The number of halogens is 1. The maximum atomic E-state index is 12.9. The molecule has 2 amide bonds. The Kier molecular flexibility index (Phi) is 7.08. The molecule has 9 nitrogen and oxygen atoms in total. The van der Waals surface area contributed by atoms with Crippen LogP contribution in [0.15, 0.2) is 80.6 Å². The van der Waals surface area contributed by atoms with Gasteiger partial charge in [0.1, 0.15) is 23.3 Å². The van der Waals surface area contributed by atoms with Crippen molar-refractivity contribution in [2.45, 2.75) is 6.42 Å². The smallest absolute Gasteiger partial charge is 0.343 e. The minimum atomic E-state index is -0.735. The van der Waals surface area contributed by atoms with E-state index in [4.69, 9.17) is 18.6 Å². The Labute approximate surface area is 224 Å². The summed E-state index contributed by atoms with van der Waals surface area (Å²) in [5.74, 6) is -1.02. The Morgan fingerprint density at radius 2 is 1.74 bits per heavy atom. The Bertz CT molecular complexity index is 1640. The minimum absolute atomic E-state index is 0.00256. The summed E-state index contributed by atoms with van der Waals surface area (Å²) in [7, 11) is 1.54. The number of hydrogen-bond acceptors (Lipinski definition) is 8. The van der Waals surface area contributed by atoms with Crippen molar-refractivity contribution < 1.29 is 33.0 Å². The van der Waals surface area contributed by atoms with Gasteiger partial charge in [0.15, 0.2) is 0 Å². The Hall–Kier alpha value is -4.28. The van der Waals surface area contributed by atoms with E-state index in [1.807, 2.05) is 6.07 Å². The molecule has 2 heterocycles. The van der Waals surface area contributed by atoms with Gasteiger partial charge in [-0.05, 0) is 64.8 Å². The van der Waals surface area contributed by atoms with E-state index in [1.165, 1.54) is 42.7 Å². The topological polar surface area (TPSA) is 112 Å². The summed E-state index contributed by atoms with van der Waals surface area (Å²) >= 11 is 3.37. The average molecular weight is 578 g/mol. The summed E-state index contributed by atoms with van der Waals surface area (Å²) < 4.78 is 22.4. The third-order valence-corrected chi connectivity index (χ3v) is 6.57. The van der Waals surface area contributed by atoms with Crippen LogP contribution in [0.3, 0.4) is 0 Å². The maximum Gasteiger partial charge on any atom is 0.343 e. The molecule has 1 aliphatic heterocycles. The number of benzene rings is 3. The van der Waals surface area contributed by atoms with Crippen molar-refractivity contribution in [3.8, 4) is 17.2 Å². The number of esters is 1. The Balaban J connectivity index is 1.34. The van der Waals surface area contributed by atoms with Crippen molar-refractivity contribution in [3.05, 3.63) is 98.3 Å². The second kappa shape index (κ2) is 10.6. The molecule has 10 heteroatoms. The SMILES string of the molecule is COCCCN1C(=O)c2ccc(C(=O)Oc3ccc4c(=O)c(Oc5ccccc5Br)coc4c3)cc2C1=O. The first-order valence-electron chi connectivity index (χ1n) is 11.6. The zero-order chi connectivity index (χ0) is 26.8. The number of nitrogens with zero attached hydrogens (tertiary/aromatic N) is 1. The maximum absolute atomic E-state index is 12.9. The number of ether oxygens (including phenoxy) is 3. The quantitative estimate of drug-likeness (QED) is 0.121. The first-order valence-corrected chi connectivity index (χ1v) is 12.4. The van der Waals surface area contributed by atoms with E-state index in [2.05, 4.69) is 15.9 Å². The number of carbonyl (C=O) groups is 3. The van der Waals surface area contributed by atoms with Crippen LogP contribution in [-0.4, -0.2) is 42.9 Å². The molecule has 0 fully saturated rings. The zero-order valence-corrected chi connectivity index (χ0v) is 21.6. The van der Waals surface area contributed by atoms with Gasteiger partial charge in [0.25, 0.3) is 11.8 Å². The van der Waals surface area contributed by atoms with Gasteiger partial charge in [-0.15, -0.1) is 0 Å². The van der Waals surface area contributed by atoms with Crippen LogP contribution in [0, 0.1) is 0 Å². The van der Waals surface area contributed by atoms with E-state index in [0.29, 0.717) is 23.2 Å². The minimum Gasteiger partial charge on any atom is -0.460 e. The highest BCUT2D eigenvalue weighted by molar-refractivity contribution is 9.10. The largest absolute Gasteiger partial charge is 0.460 e. The van der Waals surface area contributed by atoms with Crippen LogP contribution < -0.4 is 14.9 Å². The number of rotatable bonds is 8. The lowest BCUT2D eigenvalue weighted by Gasteiger charge is -2.12. The number of imide groups is 1. The number of para-hydroxylation sites is 1. The normalized spacial score (nSPS) is 12.6. The van der Waals surface area contributed by atoms with Crippen molar-refractivity contribution in [2.24, 2.45) is 0 Å². The molecule has 0 N–H and O–H groups in total. The molecule has 0 saturated carbocycles. The molecule has 1 aromatic heterocycles.